The Balaban J connectivity index is 1.96. The van der Waals surface area contributed by atoms with E-state index < -0.39 is 0 Å². The molecule has 3 N–H and O–H groups in total. The van der Waals surface area contributed by atoms with Crippen molar-refractivity contribution in [3.63, 3.8) is 0 Å². The predicted molar refractivity (Wildman–Crippen MR) is 72.8 cm³/mol. The van der Waals surface area contributed by atoms with Crippen LogP contribution in [0.25, 0.3) is 0 Å². The first-order valence-electron chi connectivity index (χ1n) is 6.27. The third kappa shape index (κ3) is 3.30. The third-order valence-corrected chi connectivity index (χ3v) is 3.84. The molecule has 92 valence electrons. The molecule has 2 nitrogen and oxygen atoms in total. The van der Waals surface area contributed by atoms with Crippen molar-refractivity contribution in [2.24, 2.45) is 11.7 Å². The van der Waals surface area contributed by atoms with E-state index in [0.29, 0.717) is 10.7 Å². The Kier molecular flexibility index (Phi) is 4.19. The third-order valence-electron chi connectivity index (χ3n) is 3.59. The molecule has 1 aliphatic rings. The molecule has 1 saturated carbocycles. The van der Waals surface area contributed by atoms with Gasteiger partial charge < -0.3 is 11.1 Å². The monoisotopic (exact) mass is 250 g/mol. The quantitative estimate of drug-likeness (QED) is 0.788. The van der Waals surface area contributed by atoms with Crippen molar-refractivity contribution in [2.45, 2.75) is 38.1 Å². The van der Waals surface area contributed by atoms with Gasteiger partial charge in [-0.25, -0.2) is 0 Å². The van der Waals surface area contributed by atoms with Gasteiger partial charge in [-0.3, -0.25) is 0 Å². The summed E-state index contributed by atoms with van der Waals surface area (Å²) in [5.74, 6) is 0.720. The molecule has 0 heterocycles. The molecular weight excluding hydrogens is 232 g/mol. The van der Waals surface area contributed by atoms with Crippen molar-refractivity contribution in [1.29, 1.82) is 5.41 Å². The summed E-state index contributed by atoms with van der Waals surface area (Å²) in [6.45, 7) is 0. The van der Waals surface area contributed by atoms with E-state index in [1.807, 2.05) is 24.3 Å². The van der Waals surface area contributed by atoms with Crippen LogP contribution in [0.1, 0.15) is 37.7 Å². The van der Waals surface area contributed by atoms with Crippen LogP contribution in [0, 0.1) is 11.3 Å². The fourth-order valence-corrected chi connectivity index (χ4v) is 2.69. The van der Waals surface area contributed by atoms with Crippen LogP contribution in [-0.2, 0) is 0 Å². The van der Waals surface area contributed by atoms with Crippen molar-refractivity contribution in [2.75, 3.05) is 0 Å². The zero-order chi connectivity index (χ0) is 12.3. The van der Waals surface area contributed by atoms with Crippen LogP contribution in [0.4, 0.5) is 0 Å². The van der Waals surface area contributed by atoms with Gasteiger partial charge >= 0.3 is 0 Å². The van der Waals surface area contributed by atoms with E-state index in [1.165, 1.54) is 25.7 Å². The normalized spacial score (nSPS) is 18.2. The maximum absolute atomic E-state index is 8.10. The summed E-state index contributed by atoms with van der Waals surface area (Å²) in [6, 6.07) is 7.24. The molecule has 0 bridgehead atoms. The second kappa shape index (κ2) is 5.65. The summed E-state index contributed by atoms with van der Waals surface area (Å²) >= 11 is 5.83. The van der Waals surface area contributed by atoms with Gasteiger partial charge in [0.1, 0.15) is 0 Å². The standard InChI is InChI=1S/C14H19ClN2/c15-12-7-5-11(6-8-12)14(17)13(16)9-10-3-1-2-4-10/h5-8,10,13,17H,1-4,9,16H2. The van der Waals surface area contributed by atoms with Gasteiger partial charge in [-0.05, 0) is 30.0 Å². The number of nitrogens with one attached hydrogen (secondary N) is 1. The lowest BCUT2D eigenvalue weighted by atomic mass is 9.93. The molecule has 3 heteroatoms. The molecule has 1 unspecified atom stereocenters. The summed E-state index contributed by atoms with van der Waals surface area (Å²) in [4.78, 5) is 0. The van der Waals surface area contributed by atoms with E-state index >= 15 is 0 Å². The van der Waals surface area contributed by atoms with Crippen LogP contribution >= 0.6 is 11.6 Å². The van der Waals surface area contributed by atoms with Gasteiger partial charge in [0.15, 0.2) is 0 Å². The number of halogens is 1. The molecule has 0 aromatic heterocycles. The van der Waals surface area contributed by atoms with Crippen LogP contribution in [0.2, 0.25) is 5.02 Å². The van der Waals surface area contributed by atoms with Crippen molar-refractivity contribution in [3.05, 3.63) is 34.9 Å². The molecule has 0 aliphatic heterocycles. The van der Waals surface area contributed by atoms with Crippen LogP contribution in [0.3, 0.4) is 0 Å². The van der Waals surface area contributed by atoms with E-state index in [9.17, 15) is 0 Å². The SMILES string of the molecule is N=C(c1ccc(Cl)cc1)C(N)CC1CCCC1. The summed E-state index contributed by atoms with van der Waals surface area (Å²) in [6.07, 6.45) is 6.15. The zero-order valence-electron chi connectivity index (χ0n) is 9.95. The molecule has 1 atom stereocenters. The average molecular weight is 251 g/mol. The lowest BCUT2D eigenvalue weighted by Gasteiger charge is -2.17. The molecule has 0 radical (unpaired) electrons. The minimum atomic E-state index is -0.140. The first-order valence-corrected chi connectivity index (χ1v) is 6.64. The van der Waals surface area contributed by atoms with Gasteiger partial charge in [0.25, 0.3) is 0 Å². The molecule has 1 aromatic rings. The number of nitrogens with two attached hydrogens (primary N) is 1. The Morgan fingerprint density at radius 1 is 1.29 bits per heavy atom. The fourth-order valence-electron chi connectivity index (χ4n) is 2.57. The lowest BCUT2D eigenvalue weighted by molar-refractivity contribution is 0.486. The van der Waals surface area contributed by atoms with Crippen molar-refractivity contribution in [1.82, 2.24) is 0 Å². The average Bonchev–Trinajstić information content (AvgIpc) is 2.82. The predicted octanol–water partition coefficient (Wildman–Crippen LogP) is 3.62. The van der Waals surface area contributed by atoms with Crippen molar-refractivity contribution < 1.29 is 0 Å². The van der Waals surface area contributed by atoms with E-state index in [1.54, 1.807) is 0 Å². The summed E-state index contributed by atoms with van der Waals surface area (Å²) in [5.41, 5.74) is 7.53. The van der Waals surface area contributed by atoms with E-state index in [0.717, 1.165) is 17.9 Å². The van der Waals surface area contributed by atoms with Gasteiger partial charge in [-0.2, -0.15) is 0 Å². The largest absolute Gasteiger partial charge is 0.323 e. The van der Waals surface area contributed by atoms with Gasteiger partial charge in [-0.1, -0.05) is 49.4 Å². The van der Waals surface area contributed by atoms with Crippen LogP contribution in [-0.4, -0.2) is 11.8 Å². The Labute approximate surface area is 108 Å². The molecule has 0 saturated heterocycles. The lowest BCUT2D eigenvalue weighted by Crippen LogP contribution is -2.32. The van der Waals surface area contributed by atoms with E-state index in [-0.39, 0.29) is 6.04 Å². The molecular formula is C14H19ClN2. The minimum absolute atomic E-state index is 0.140. The molecule has 17 heavy (non-hydrogen) atoms. The summed E-state index contributed by atoms with van der Waals surface area (Å²) in [7, 11) is 0. The highest BCUT2D eigenvalue weighted by Crippen LogP contribution is 2.28. The highest BCUT2D eigenvalue weighted by Gasteiger charge is 2.20. The van der Waals surface area contributed by atoms with Gasteiger partial charge in [0, 0.05) is 11.1 Å². The molecule has 2 rings (SSSR count). The molecule has 1 fully saturated rings. The molecule has 0 spiro atoms. The maximum Gasteiger partial charge on any atom is 0.0553 e. The van der Waals surface area contributed by atoms with Gasteiger partial charge in [0.05, 0.1) is 5.71 Å². The number of rotatable bonds is 4. The fraction of sp³-hybridized carbons (Fsp3) is 0.500. The smallest absolute Gasteiger partial charge is 0.0553 e. The number of benzene rings is 1. The zero-order valence-corrected chi connectivity index (χ0v) is 10.7. The molecule has 1 aromatic carbocycles. The van der Waals surface area contributed by atoms with E-state index in [4.69, 9.17) is 22.7 Å². The van der Waals surface area contributed by atoms with E-state index in [2.05, 4.69) is 0 Å². The van der Waals surface area contributed by atoms with Crippen LogP contribution in [0.5, 0.6) is 0 Å². The van der Waals surface area contributed by atoms with Crippen molar-refractivity contribution >= 4 is 17.3 Å². The van der Waals surface area contributed by atoms with Gasteiger partial charge in [-0.15, -0.1) is 0 Å². The minimum Gasteiger partial charge on any atom is -0.323 e. The maximum atomic E-state index is 8.10. The number of hydrogen-bond donors (Lipinski definition) is 2. The summed E-state index contributed by atoms with van der Waals surface area (Å²) in [5, 5.41) is 8.80. The Bertz CT molecular complexity index is 380. The topological polar surface area (TPSA) is 49.9 Å². The second-order valence-electron chi connectivity index (χ2n) is 4.91. The van der Waals surface area contributed by atoms with Crippen molar-refractivity contribution in [3.8, 4) is 0 Å². The Morgan fingerprint density at radius 2 is 1.88 bits per heavy atom. The molecule has 0 amide bonds. The van der Waals surface area contributed by atoms with Gasteiger partial charge in [0.2, 0.25) is 0 Å². The highest BCUT2D eigenvalue weighted by molar-refractivity contribution is 6.30. The number of hydrogen-bond acceptors (Lipinski definition) is 2. The Hall–Kier alpha value is -0.860. The molecule has 1 aliphatic carbocycles. The van der Waals surface area contributed by atoms with Crippen LogP contribution in [0.15, 0.2) is 24.3 Å². The van der Waals surface area contributed by atoms with Crippen LogP contribution < -0.4 is 5.73 Å². The highest BCUT2D eigenvalue weighted by atomic mass is 35.5. The Morgan fingerprint density at radius 3 is 2.47 bits per heavy atom. The first kappa shape index (κ1) is 12.6. The first-order chi connectivity index (χ1) is 8.16. The second-order valence-corrected chi connectivity index (χ2v) is 5.35. The summed E-state index contributed by atoms with van der Waals surface area (Å²) < 4.78 is 0.